The number of methoxy groups -OCH3 is 1. The second-order valence-corrected chi connectivity index (χ2v) is 8.71. The van der Waals surface area contributed by atoms with Gasteiger partial charge in [-0.2, -0.15) is 0 Å². The Morgan fingerprint density at radius 1 is 1.19 bits per heavy atom. The predicted molar refractivity (Wildman–Crippen MR) is 123 cm³/mol. The number of benzene rings is 1. The Balaban J connectivity index is 1.46. The maximum Gasteiger partial charge on any atom is 0.231 e. The second-order valence-electron chi connectivity index (χ2n) is 8.71. The lowest BCUT2D eigenvalue weighted by molar-refractivity contribution is -0.133. The third-order valence-corrected chi connectivity index (χ3v) is 6.26. The molecule has 1 N–H and O–H groups in total. The molecule has 0 radical (unpaired) electrons. The Labute approximate surface area is 189 Å². The van der Waals surface area contributed by atoms with Crippen molar-refractivity contribution < 1.29 is 14.3 Å². The maximum atomic E-state index is 13.5. The third kappa shape index (κ3) is 4.71. The average Bonchev–Trinajstić information content (AvgIpc) is 3.20. The summed E-state index contributed by atoms with van der Waals surface area (Å²) in [5.41, 5.74) is 3.07. The molecule has 2 unspecified atom stereocenters. The van der Waals surface area contributed by atoms with Crippen LogP contribution in [0.25, 0.3) is 0 Å². The van der Waals surface area contributed by atoms with Gasteiger partial charge in [-0.1, -0.05) is 26.0 Å². The van der Waals surface area contributed by atoms with Crippen LogP contribution in [0.3, 0.4) is 0 Å². The first-order valence-electron chi connectivity index (χ1n) is 11.3. The zero-order valence-electron chi connectivity index (χ0n) is 19.4. The molecule has 1 fully saturated rings. The minimum Gasteiger partial charge on any atom is -0.497 e. The van der Waals surface area contributed by atoms with Crippen LogP contribution in [-0.2, 0) is 16.1 Å². The third-order valence-electron chi connectivity index (χ3n) is 6.26. The quantitative estimate of drug-likeness (QED) is 0.710. The first-order chi connectivity index (χ1) is 15.5. The number of ether oxygens (including phenoxy) is 2. The Hall–Kier alpha value is -2.71. The number of nitrogens with zero attached hydrogens (tertiary/aromatic N) is 4. The van der Waals surface area contributed by atoms with Crippen LogP contribution in [0.4, 0.5) is 5.82 Å². The summed E-state index contributed by atoms with van der Waals surface area (Å²) in [7, 11) is 1.65. The van der Waals surface area contributed by atoms with Gasteiger partial charge in [0.2, 0.25) is 5.91 Å². The van der Waals surface area contributed by atoms with E-state index >= 15 is 0 Å². The van der Waals surface area contributed by atoms with Crippen molar-refractivity contribution in [1.29, 1.82) is 0 Å². The van der Waals surface area contributed by atoms with Crippen molar-refractivity contribution in [2.45, 2.75) is 45.4 Å². The van der Waals surface area contributed by atoms with Crippen LogP contribution in [0.1, 0.15) is 49.6 Å². The van der Waals surface area contributed by atoms with Crippen molar-refractivity contribution in [3.63, 3.8) is 0 Å². The number of amides is 1. The fourth-order valence-electron chi connectivity index (χ4n) is 4.39. The van der Waals surface area contributed by atoms with E-state index in [1.807, 2.05) is 36.1 Å². The van der Waals surface area contributed by atoms with Gasteiger partial charge in [-0.15, -0.1) is 0 Å². The fourth-order valence-corrected chi connectivity index (χ4v) is 4.39. The molecule has 8 heteroatoms. The number of carbonyl (C=O) groups is 1. The largest absolute Gasteiger partial charge is 0.497 e. The van der Waals surface area contributed by atoms with E-state index in [2.05, 4.69) is 34.0 Å². The van der Waals surface area contributed by atoms with E-state index in [0.29, 0.717) is 32.3 Å². The van der Waals surface area contributed by atoms with Crippen molar-refractivity contribution in [1.82, 2.24) is 20.2 Å². The van der Waals surface area contributed by atoms with E-state index in [-0.39, 0.29) is 17.9 Å². The van der Waals surface area contributed by atoms with Gasteiger partial charge in [0.05, 0.1) is 31.4 Å². The van der Waals surface area contributed by atoms with Gasteiger partial charge < -0.3 is 24.6 Å². The molecule has 2 atom stereocenters. The van der Waals surface area contributed by atoms with Crippen LogP contribution >= 0.6 is 0 Å². The van der Waals surface area contributed by atoms with Crippen molar-refractivity contribution in [2.75, 3.05) is 44.7 Å². The molecule has 1 amide bonds. The van der Waals surface area contributed by atoms with Gasteiger partial charge in [-0.05, 0) is 24.6 Å². The molecule has 4 rings (SSSR count). The molecule has 8 nitrogen and oxygen atoms in total. The van der Waals surface area contributed by atoms with Crippen LogP contribution in [-0.4, -0.2) is 66.7 Å². The first kappa shape index (κ1) is 22.5. The van der Waals surface area contributed by atoms with Crippen LogP contribution in [0.15, 0.2) is 30.6 Å². The zero-order valence-corrected chi connectivity index (χ0v) is 19.4. The molecule has 1 aromatic carbocycles. The summed E-state index contributed by atoms with van der Waals surface area (Å²) >= 11 is 0. The molecule has 2 aromatic rings. The monoisotopic (exact) mass is 439 g/mol. The highest BCUT2D eigenvalue weighted by Gasteiger charge is 2.32. The molecule has 0 spiro atoms. The second kappa shape index (κ2) is 9.83. The van der Waals surface area contributed by atoms with Crippen molar-refractivity contribution in [3.8, 4) is 5.75 Å². The van der Waals surface area contributed by atoms with Gasteiger partial charge in [-0.25, -0.2) is 9.97 Å². The summed E-state index contributed by atoms with van der Waals surface area (Å²) in [6.45, 7) is 10.2. The Morgan fingerprint density at radius 3 is 2.56 bits per heavy atom. The van der Waals surface area contributed by atoms with E-state index in [9.17, 15) is 4.79 Å². The van der Waals surface area contributed by atoms with Crippen LogP contribution in [0, 0.1) is 0 Å². The molecule has 32 heavy (non-hydrogen) atoms. The number of carbonyl (C=O) groups excluding carboxylic acids is 1. The molecule has 0 bridgehead atoms. The topological polar surface area (TPSA) is 79.8 Å². The summed E-state index contributed by atoms with van der Waals surface area (Å²) in [6, 6.07) is 8.13. The number of anilines is 1. The van der Waals surface area contributed by atoms with E-state index in [1.165, 1.54) is 0 Å². The minimum atomic E-state index is -0.230. The standard InChI is InChI=1S/C24H33N5O3/c1-16(2)25-13-20(18-5-7-19(31-4)8-6-18)24(30)29-11-9-28(10-12-29)23-22-17(3)32-14-21(22)26-15-27-23/h5-8,15-17,20,25H,9-14H2,1-4H3. The summed E-state index contributed by atoms with van der Waals surface area (Å²) in [5, 5.41) is 3.44. The lowest BCUT2D eigenvalue weighted by Crippen LogP contribution is -2.51. The lowest BCUT2D eigenvalue weighted by atomic mass is 9.96. The molecule has 0 saturated carbocycles. The summed E-state index contributed by atoms with van der Waals surface area (Å²) in [5.74, 6) is 1.67. The summed E-state index contributed by atoms with van der Waals surface area (Å²) in [4.78, 5) is 26.7. The number of nitrogens with one attached hydrogen (secondary N) is 1. The maximum absolute atomic E-state index is 13.5. The highest BCUT2D eigenvalue weighted by molar-refractivity contribution is 5.84. The fraction of sp³-hybridized carbons (Fsp3) is 0.542. The highest BCUT2D eigenvalue weighted by atomic mass is 16.5. The van der Waals surface area contributed by atoms with Crippen molar-refractivity contribution in [2.24, 2.45) is 0 Å². The highest BCUT2D eigenvalue weighted by Crippen LogP contribution is 2.35. The number of fused-ring (bicyclic) bond motifs is 1. The Morgan fingerprint density at radius 2 is 1.91 bits per heavy atom. The number of rotatable bonds is 7. The molecule has 172 valence electrons. The van der Waals surface area contributed by atoms with Crippen molar-refractivity contribution >= 4 is 11.7 Å². The number of aromatic nitrogens is 2. The van der Waals surface area contributed by atoms with Crippen LogP contribution in [0.2, 0.25) is 0 Å². The molecular weight excluding hydrogens is 406 g/mol. The average molecular weight is 440 g/mol. The van der Waals surface area contributed by atoms with Crippen LogP contribution < -0.4 is 15.0 Å². The smallest absolute Gasteiger partial charge is 0.231 e. The van der Waals surface area contributed by atoms with E-state index in [1.54, 1.807) is 13.4 Å². The number of piperazine rings is 1. The van der Waals surface area contributed by atoms with E-state index in [4.69, 9.17) is 9.47 Å². The molecular formula is C24H33N5O3. The number of hydrogen-bond acceptors (Lipinski definition) is 7. The van der Waals surface area contributed by atoms with Gasteiger partial charge in [-0.3, -0.25) is 4.79 Å². The van der Waals surface area contributed by atoms with Gasteiger partial charge in [0.25, 0.3) is 0 Å². The van der Waals surface area contributed by atoms with E-state index in [0.717, 1.165) is 41.5 Å². The minimum absolute atomic E-state index is 0.00224. The molecule has 1 saturated heterocycles. The van der Waals surface area contributed by atoms with Gasteiger partial charge in [0.1, 0.15) is 17.9 Å². The zero-order chi connectivity index (χ0) is 22.7. The lowest BCUT2D eigenvalue weighted by Gasteiger charge is -2.38. The van der Waals surface area contributed by atoms with Crippen molar-refractivity contribution in [3.05, 3.63) is 47.4 Å². The summed E-state index contributed by atoms with van der Waals surface area (Å²) in [6.07, 6.45) is 1.62. The molecule has 1 aromatic heterocycles. The van der Waals surface area contributed by atoms with Crippen LogP contribution in [0.5, 0.6) is 5.75 Å². The van der Waals surface area contributed by atoms with Gasteiger partial charge in [0, 0.05) is 44.3 Å². The molecule has 0 aliphatic carbocycles. The summed E-state index contributed by atoms with van der Waals surface area (Å²) < 4.78 is 11.0. The molecule has 2 aliphatic rings. The molecule has 2 aliphatic heterocycles. The van der Waals surface area contributed by atoms with E-state index < -0.39 is 0 Å². The number of hydrogen-bond donors (Lipinski definition) is 1. The SMILES string of the molecule is COc1ccc(C(CNC(C)C)C(=O)N2CCN(c3ncnc4c3C(C)OC4)CC2)cc1. The first-order valence-corrected chi connectivity index (χ1v) is 11.3. The Bertz CT molecular complexity index is 926. The Kier molecular flexibility index (Phi) is 6.91. The predicted octanol–water partition coefficient (Wildman–Crippen LogP) is 2.51. The molecule has 3 heterocycles. The van der Waals surface area contributed by atoms with Gasteiger partial charge >= 0.3 is 0 Å². The van der Waals surface area contributed by atoms with Gasteiger partial charge in [0.15, 0.2) is 0 Å². The normalized spacial score (nSPS) is 19.2.